The van der Waals surface area contributed by atoms with Crippen LogP contribution in [0, 0.1) is 6.92 Å². The fraction of sp³-hybridized carbons (Fsp3) is 0.500. The number of hydrogen-bond donors (Lipinski definition) is 2. The molecule has 0 aliphatic heterocycles. The van der Waals surface area contributed by atoms with Crippen molar-refractivity contribution < 1.29 is 9.53 Å². The van der Waals surface area contributed by atoms with Gasteiger partial charge in [-0.2, -0.15) is 0 Å². The highest BCUT2D eigenvalue weighted by Gasteiger charge is 2.23. The van der Waals surface area contributed by atoms with Crippen molar-refractivity contribution in [2.45, 2.75) is 52.0 Å². The van der Waals surface area contributed by atoms with Gasteiger partial charge in [0.25, 0.3) is 0 Å². The van der Waals surface area contributed by atoms with E-state index in [1.54, 1.807) is 0 Å². The molecule has 1 amide bonds. The summed E-state index contributed by atoms with van der Waals surface area (Å²) in [6.07, 6.45) is 4.49. The monoisotopic (exact) mass is 300 g/mol. The van der Waals surface area contributed by atoms with E-state index in [1.807, 2.05) is 0 Å². The summed E-state index contributed by atoms with van der Waals surface area (Å²) >= 11 is 0. The summed E-state index contributed by atoms with van der Waals surface area (Å²) in [7, 11) is 0. The molecule has 0 radical (unpaired) electrons. The van der Waals surface area contributed by atoms with E-state index in [2.05, 4.69) is 42.3 Å². The number of aromatic nitrogens is 1. The van der Waals surface area contributed by atoms with Crippen molar-refractivity contribution >= 4 is 17.0 Å². The molecule has 4 heteroatoms. The summed E-state index contributed by atoms with van der Waals surface area (Å²) in [5.41, 5.74) is 5.15. The number of H-pyrrole nitrogens is 1. The molecule has 2 aromatic rings. The predicted octanol–water partition coefficient (Wildman–Crippen LogP) is 3.86. The summed E-state index contributed by atoms with van der Waals surface area (Å²) in [5, 5.41) is 4.33. The second-order valence-corrected chi connectivity index (χ2v) is 6.20. The van der Waals surface area contributed by atoms with Crippen LogP contribution in [0.4, 0.5) is 4.79 Å². The zero-order valence-electron chi connectivity index (χ0n) is 13.4. The number of amides is 1. The lowest BCUT2D eigenvalue weighted by molar-refractivity contribution is 0.139. The lowest BCUT2D eigenvalue weighted by atomic mass is 9.91. The van der Waals surface area contributed by atoms with Crippen molar-refractivity contribution in [1.29, 1.82) is 0 Å². The summed E-state index contributed by atoms with van der Waals surface area (Å²) in [5.74, 6) is 0. The Morgan fingerprint density at radius 3 is 3.14 bits per heavy atom. The molecular formula is C18H24N2O2. The number of aryl methyl sites for hydroxylation is 2. The molecule has 0 spiro atoms. The van der Waals surface area contributed by atoms with Crippen LogP contribution in [0.25, 0.3) is 10.9 Å². The van der Waals surface area contributed by atoms with Gasteiger partial charge < -0.3 is 15.0 Å². The van der Waals surface area contributed by atoms with Crippen LogP contribution in [-0.2, 0) is 17.6 Å². The Labute approximate surface area is 131 Å². The average molecular weight is 300 g/mol. The molecule has 1 heterocycles. The van der Waals surface area contributed by atoms with Gasteiger partial charge in [-0.05, 0) is 43.9 Å². The molecule has 4 nitrogen and oxygen atoms in total. The maximum absolute atomic E-state index is 11.8. The molecule has 2 N–H and O–H groups in total. The Bertz CT molecular complexity index is 675. The van der Waals surface area contributed by atoms with Crippen molar-refractivity contribution in [3.8, 4) is 0 Å². The van der Waals surface area contributed by atoms with Crippen molar-refractivity contribution in [3.63, 3.8) is 0 Å². The Morgan fingerprint density at radius 1 is 1.45 bits per heavy atom. The third-order valence-corrected chi connectivity index (χ3v) is 4.40. The molecule has 1 unspecified atom stereocenters. The fourth-order valence-electron chi connectivity index (χ4n) is 3.18. The Hall–Kier alpha value is -1.97. The number of carbonyl (C=O) groups excluding carboxylic acids is 1. The highest BCUT2D eigenvalue weighted by molar-refractivity contribution is 5.85. The highest BCUT2D eigenvalue weighted by Crippen LogP contribution is 2.29. The van der Waals surface area contributed by atoms with Gasteiger partial charge in [-0.25, -0.2) is 4.79 Å². The molecule has 3 rings (SSSR count). The second kappa shape index (κ2) is 6.42. The van der Waals surface area contributed by atoms with Crippen molar-refractivity contribution in [3.05, 3.63) is 35.0 Å². The van der Waals surface area contributed by atoms with Crippen molar-refractivity contribution in [2.24, 2.45) is 0 Å². The van der Waals surface area contributed by atoms with Crippen LogP contribution in [-0.4, -0.2) is 23.7 Å². The number of nitrogens with one attached hydrogen (secondary N) is 2. The minimum atomic E-state index is -0.283. The van der Waals surface area contributed by atoms with Crippen LogP contribution in [0.15, 0.2) is 18.2 Å². The van der Waals surface area contributed by atoms with Gasteiger partial charge in [-0.1, -0.05) is 25.0 Å². The van der Waals surface area contributed by atoms with Gasteiger partial charge in [0.2, 0.25) is 0 Å². The van der Waals surface area contributed by atoms with Crippen LogP contribution in [0.2, 0.25) is 0 Å². The molecule has 1 aromatic heterocycles. The maximum atomic E-state index is 11.8. The Balaban J connectivity index is 1.66. The third kappa shape index (κ3) is 3.11. The smallest absolute Gasteiger partial charge is 0.407 e. The Kier molecular flexibility index (Phi) is 4.36. The second-order valence-electron chi connectivity index (χ2n) is 6.20. The topological polar surface area (TPSA) is 54.1 Å². The summed E-state index contributed by atoms with van der Waals surface area (Å²) in [4.78, 5) is 15.3. The molecule has 0 fully saturated rings. The first kappa shape index (κ1) is 14.9. The SMILES string of the molecule is CCCCOC(=O)NC1CCc2c([nH]c3ccc(C)cc23)C1. The van der Waals surface area contributed by atoms with E-state index in [4.69, 9.17) is 4.74 Å². The molecule has 1 aliphatic carbocycles. The minimum Gasteiger partial charge on any atom is -0.450 e. The molecule has 118 valence electrons. The third-order valence-electron chi connectivity index (χ3n) is 4.40. The molecule has 0 saturated heterocycles. The number of hydrogen-bond acceptors (Lipinski definition) is 2. The van der Waals surface area contributed by atoms with E-state index >= 15 is 0 Å². The van der Waals surface area contributed by atoms with Gasteiger partial charge in [-0.15, -0.1) is 0 Å². The van der Waals surface area contributed by atoms with Gasteiger partial charge >= 0.3 is 6.09 Å². The maximum Gasteiger partial charge on any atom is 0.407 e. The van der Waals surface area contributed by atoms with E-state index in [-0.39, 0.29) is 12.1 Å². The molecule has 22 heavy (non-hydrogen) atoms. The number of carbonyl (C=O) groups is 1. The fourth-order valence-corrected chi connectivity index (χ4v) is 3.18. The number of alkyl carbamates (subject to hydrolysis) is 1. The largest absolute Gasteiger partial charge is 0.450 e. The van der Waals surface area contributed by atoms with E-state index in [1.165, 1.54) is 27.7 Å². The first-order valence-corrected chi connectivity index (χ1v) is 8.20. The standard InChI is InChI=1S/C18H24N2O2/c1-3-4-9-22-18(21)19-13-6-7-14-15-10-12(2)5-8-16(15)20-17(14)11-13/h5,8,10,13,20H,3-4,6-7,9,11H2,1-2H3,(H,19,21). The zero-order valence-corrected chi connectivity index (χ0v) is 13.4. The first-order chi connectivity index (χ1) is 10.7. The van der Waals surface area contributed by atoms with E-state index in [0.29, 0.717) is 6.61 Å². The van der Waals surface area contributed by atoms with Gasteiger partial charge in [0.1, 0.15) is 0 Å². The summed E-state index contributed by atoms with van der Waals surface area (Å²) in [6, 6.07) is 6.68. The van der Waals surface area contributed by atoms with Crippen LogP contribution < -0.4 is 5.32 Å². The van der Waals surface area contributed by atoms with Crippen molar-refractivity contribution in [2.75, 3.05) is 6.61 Å². The molecule has 1 aromatic carbocycles. The molecule has 1 aliphatic rings. The number of rotatable bonds is 4. The first-order valence-electron chi connectivity index (χ1n) is 8.20. The highest BCUT2D eigenvalue weighted by atomic mass is 16.5. The molecule has 0 saturated carbocycles. The van der Waals surface area contributed by atoms with Gasteiger partial charge in [-0.3, -0.25) is 0 Å². The lowest BCUT2D eigenvalue weighted by Gasteiger charge is -2.23. The van der Waals surface area contributed by atoms with E-state index in [0.717, 1.165) is 32.1 Å². The van der Waals surface area contributed by atoms with Crippen LogP contribution >= 0.6 is 0 Å². The van der Waals surface area contributed by atoms with Gasteiger partial charge in [0.05, 0.1) is 6.61 Å². The van der Waals surface area contributed by atoms with Gasteiger partial charge in [0.15, 0.2) is 0 Å². The van der Waals surface area contributed by atoms with E-state index < -0.39 is 0 Å². The summed E-state index contributed by atoms with van der Waals surface area (Å²) in [6.45, 7) is 4.71. The van der Waals surface area contributed by atoms with Crippen LogP contribution in [0.3, 0.4) is 0 Å². The normalized spacial score (nSPS) is 17.3. The number of aromatic amines is 1. The number of ether oxygens (including phenoxy) is 1. The Morgan fingerprint density at radius 2 is 2.32 bits per heavy atom. The molecule has 1 atom stereocenters. The number of unbranched alkanes of at least 4 members (excludes halogenated alkanes) is 1. The van der Waals surface area contributed by atoms with E-state index in [9.17, 15) is 4.79 Å². The average Bonchev–Trinajstić information content (AvgIpc) is 2.84. The minimum absolute atomic E-state index is 0.163. The zero-order chi connectivity index (χ0) is 15.5. The number of benzene rings is 1. The van der Waals surface area contributed by atoms with Crippen molar-refractivity contribution in [1.82, 2.24) is 10.3 Å². The lowest BCUT2D eigenvalue weighted by Crippen LogP contribution is -2.39. The predicted molar refractivity (Wildman–Crippen MR) is 88.2 cm³/mol. The number of fused-ring (bicyclic) bond motifs is 3. The summed E-state index contributed by atoms with van der Waals surface area (Å²) < 4.78 is 5.19. The quantitative estimate of drug-likeness (QED) is 0.842. The van der Waals surface area contributed by atoms with Crippen LogP contribution in [0.5, 0.6) is 0 Å². The molecular weight excluding hydrogens is 276 g/mol. The van der Waals surface area contributed by atoms with Crippen LogP contribution in [0.1, 0.15) is 43.0 Å². The molecule has 0 bridgehead atoms. The van der Waals surface area contributed by atoms with Gasteiger partial charge in [0, 0.05) is 29.1 Å².